The van der Waals surface area contributed by atoms with Crippen molar-refractivity contribution in [2.45, 2.75) is 0 Å². The van der Waals surface area contributed by atoms with Crippen LogP contribution in [0.25, 0.3) is 37.7 Å². The number of para-hydroxylation sites is 2. The molecule has 5 nitrogen and oxygen atoms in total. The topological polar surface area (TPSA) is 55.1 Å². The highest BCUT2D eigenvalue weighted by molar-refractivity contribution is 7.21. The third-order valence-electron chi connectivity index (χ3n) is 5.20. The van der Waals surface area contributed by atoms with Gasteiger partial charge in [0.2, 0.25) is 0 Å². The molecule has 7 heteroatoms. The van der Waals surface area contributed by atoms with E-state index in [1.54, 1.807) is 11.3 Å². The molecule has 6 aromatic rings. The Labute approximate surface area is 193 Å². The van der Waals surface area contributed by atoms with Crippen molar-refractivity contribution in [3.8, 4) is 21.8 Å². The Morgan fingerprint density at radius 2 is 1.62 bits per heavy atom. The molecular weight excluding hydrogens is 438 g/mol. The molecule has 0 radical (unpaired) electrons. The third-order valence-corrected chi connectivity index (χ3v) is 6.51. The standard InChI is InChI=1S/C25H16ClN5S/c26-17-12-10-16(11-13-17)20-14-15-27-24-22(25-29-19-8-4-5-9-21(19)32-25)23(30-31(20)24)28-18-6-2-1-3-7-18/h1-15H,(H,28,30). The maximum atomic E-state index is 6.10. The molecule has 0 amide bonds. The van der Waals surface area contributed by atoms with E-state index in [0.29, 0.717) is 10.8 Å². The molecule has 0 saturated heterocycles. The predicted octanol–water partition coefficient (Wildman–Crippen LogP) is 7.07. The second kappa shape index (κ2) is 7.75. The number of anilines is 2. The van der Waals surface area contributed by atoms with Crippen molar-refractivity contribution < 1.29 is 0 Å². The summed E-state index contributed by atoms with van der Waals surface area (Å²) in [5.74, 6) is 0.712. The van der Waals surface area contributed by atoms with Crippen molar-refractivity contribution in [1.82, 2.24) is 19.6 Å². The Morgan fingerprint density at radius 1 is 0.844 bits per heavy atom. The Balaban J connectivity index is 1.60. The number of thiazole rings is 1. The van der Waals surface area contributed by atoms with E-state index in [1.165, 1.54) is 0 Å². The number of nitrogens with zero attached hydrogens (tertiary/aromatic N) is 4. The number of fused-ring (bicyclic) bond motifs is 2. The van der Waals surface area contributed by atoms with Crippen molar-refractivity contribution in [2.75, 3.05) is 5.32 Å². The van der Waals surface area contributed by atoms with Crippen molar-refractivity contribution in [3.05, 3.63) is 96.1 Å². The van der Waals surface area contributed by atoms with Crippen molar-refractivity contribution in [2.24, 2.45) is 0 Å². The van der Waals surface area contributed by atoms with Crippen molar-refractivity contribution >= 4 is 50.3 Å². The van der Waals surface area contributed by atoms with Gasteiger partial charge < -0.3 is 5.32 Å². The smallest absolute Gasteiger partial charge is 0.168 e. The lowest BCUT2D eigenvalue weighted by molar-refractivity contribution is 0.951. The van der Waals surface area contributed by atoms with Gasteiger partial charge in [-0.2, -0.15) is 0 Å². The molecule has 0 unspecified atom stereocenters. The second-order valence-electron chi connectivity index (χ2n) is 7.27. The summed E-state index contributed by atoms with van der Waals surface area (Å²) in [5.41, 5.74) is 5.47. The summed E-state index contributed by atoms with van der Waals surface area (Å²) >= 11 is 7.74. The van der Waals surface area contributed by atoms with Crippen LogP contribution < -0.4 is 5.32 Å². The fourth-order valence-electron chi connectivity index (χ4n) is 3.71. The number of halogens is 1. The van der Waals surface area contributed by atoms with Crippen LogP contribution in [-0.4, -0.2) is 19.6 Å². The first-order valence-corrected chi connectivity index (χ1v) is 11.3. The summed E-state index contributed by atoms with van der Waals surface area (Å²) in [6.45, 7) is 0. The number of benzene rings is 3. The highest BCUT2D eigenvalue weighted by Crippen LogP contribution is 2.39. The van der Waals surface area contributed by atoms with Gasteiger partial charge in [-0.3, -0.25) is 0 Å². The maximum absolute atomic E-state index is 6.10. The molecular formula is C25H16ClN5S. The van der Waals surface area contributed by atoms with Crippen molar-refractivity contribution in [3.63, 3.8) is 0 Å². The molecule has 3 heterocycles. The van der Waals surface area contributed by atoms with Gasteiger partial charge in [0.05, 0.1) is 21.5 Å². The van der Waals surface area contributed by atoms with Gasteiger partial charge in [-0.25, -0.2) is 14.5 Å². The Hall–Kier alpha value is -3.74. The van der Waals surface area contributed by atoms with E-state index in [-0.39, 0.29) is 0 Å². The molecule has 0 aliphatic carbocycles. The van der Waals surface area contributed by atoms with Gasteiger partial charge in [-0.15, -0.1) is 16.4 Å². The summed E-state index contributed by atoms with van der Waals surface area (Å²) in [4.78, 5) is 9.58. The fourth-order valence-corrected chi connectivity index (χ4v) is 4.84. The maximum Gasteiger partial charge on any atom is 0.168 e. The van der Waals surface area contributed by atoms with E-state index in [2.05, 4.69) is 11.4 Å². The van der Waals surface area contributed by atoms with Crippen LogP contribution in [0.2, 0.25) is 5.02 Å². The first-order valence-electron chi connectivity index (χ1n) is 10.1. The summed E-state index contributed by atoms with van der Waals surface area (Å²) in [7, 11) is 0. The lowest BCUT2D eigenvalue weighted by Crippen LogP contribution is -1.96. The van der Waals surface area contributed by atoms with Gasteiger partial charge in [0, 0.05) is 22.5 Å². The van der Waals surface area contributed by atoms with E-state index in [4.69, 9.17) is 26.7 Å². The van der Waals surface area contributed by atoms with Gasteiger partial charge in [0.15, 0.2) is 11.5 Å². The molecule has 154 valence electrons. The number of rotatable bonds is 4. The largest absolute Gasteiger partial charge is 0.338 e. The monoisotopic (exact) mass is 453 g/mol. The Morgan fingerprint density at radius 3 is 2.44 bits per heavy atom. The summed E-state index contributed by atoms with van der Waals surface area (Å²) in [5, 5.41) is 9.97. The summed E-state index contributed by atoms with van der Waals surface area (Å²) < 4.78 is 3.00. The summed E-state index contributed by atoms with van der Waals surface area (Å²) in [6, 6.07) is 27.8. The zero-order valence-electron chi connectivity index (χ0n) is 16.7. The molecule has 6 rings (SSSR count). The van der Waals surface area contributed by atoms with Gasteiger partial charge in [0.25, 0.3) is 0 Å². The number of aromatic nitrogens is 4. The SMILES string of the molecule is Clc1ccc(-c2ccnc3c(-c4nc5ccccc5s4)c(Nc4ccccc4)nn23)cc1. The minimum atomic E-state index is 0.695. The molecule has 0 fully saturated rings. The Kier molecular flexibility index (Phi) is 4.60. The molecule has 0 spiro atoms. The molecule has 3 aromatic carbocycles. The fraction of sp³-hybridized carbons (Fsp3) is 0. The van der Waals surface area contributed by atoms with Crippen LogP contribution in [0.15, 0.2) is 91.1 Å². The van der Waals surface area contributed by atoms with Crippen LogP contribution in [0.3, 0.4) is 0 Å². The molecule has 3 aromatic heterocycles. The normalized spacial score (nSPS) is 11.3. The second-order valence-corrected chi connectivity index (χ2v) is 8.74. The van der Waals surface area contributed by atoms with Gasteiger partial charge in [0.1, 0.15) is 5.01 Å². The zero-order chi connectivity index (χ0) is 21.5. The van der Waals surface area contributed by atoms with Crippen LogP contribution in [-0.2, 0) is 0 Å². The van der Waals surface area contributed by atoms with Crippen LogP contribution in [0.5, 0.6) is 0 Å². The average Bonchev–Trinajstić information content (AvgIpc) is 3.41. The van der Waals surface area contributed by atoms with Crippen molar-refractivity contribution in [1.29, 1.82) is 0 Å². The molecule has 0 aliphatic heterocycles. The molecule has 0 bridgehead atoms. The molecule has 0 saturated carbocycles. The summed E-state index contributed by atoms with van der Waals surface area (Å²) in [6.07, 6.45) is 1.81. The molecule has 0 atom stereocenters. The minimum absolute atomic E-state index is 0.695. The van der Waals surface area contributed by atoms with Crippen LogP contribution in [0.4, 0.5) is 11.5 Å². The van der Waals surface area contributed by atoms with E-state index in [1.807, 2.05) is 89.6 Å². The van der Waals surface area contributed by atoms with Crippen LogP contribution in [0, 0.1) is 0 Å². The van der Waals surface area contributed by atoms with Gasteiger partial charge in [-0.1, -0.05) is 54.1 Å². The van der Waals surface area contributed by atoms with Crippen LogP contribution in [0.1, 0.15) is 0 Å². The van der Waals surface area contributed by atoms with E-state index >= 15 is 0 Å². The highest BCUT2D eigenvalue weighted by Gasteiger charge is 2.21. The predicted molar refractivity (Wildman–Crippen MR) is 132 cm³/mol. The number of hydrogen-bond acceptors (Lipinski definition) is 5. The molecule has 32 heavy (non-hydrogen) atoms. The zero-order valence-corrected chi connectivity index (χ0v) is 18.3. The number of nitrogens with one attached hydrogen (secondary N) is 1. The first-order chi connectivity index (χ1) is 15.8. The first kappa shape index (κ1) is 19.0. The average molecular weight is 454 g/mol. The number of hydrogen-bond donors (Lipinski definition) is 1. The van der Waals surface area contributed by atoms with E-state index in [0.717, 1.165) is 43.4 Å². The molecule has 0 aliphatic rings. The Bertz CT molecular complexity index is 1520. The minimum Gasteiger partial charge on any atom is -0.338 e. The quantitative estimate of drug-likeness (QED) is 0.310. The van der Waals surface area contributed by atoms with Crippen LogP contribution >= 0.6 is 22.9 Å². The van der Waals surface area contributed by atoms with E-state index in [9.17, 15) is 0 Å². The van der Waals surface area contributed by atoms with E-state index < -0.39 is 0 Å². The van der Waals surface area contributed by atoms with Gasteiger partial charge in [-0.05, 0) is 42.5 Å². The highest BCUT2D eigenvalue weighted by atomic mass is 35.5. The van der Waals surface area contributed by atoms with Gasteiger partial charge >= 0.3 is 0 Å². The third kappa shape index (κ3) is 3.30. The lowest BCUT2D eigenvalue weighted by atomic mass is 10.1. The lowest BCUT2D eigenvalue weighted by Gasteiger charge is -2.04. The molecule has 1 N–H and O–H groups in total.